The van der Waals surface area contributed by atoms with Gasteiger partial charge >= 0.3 is 5.97 Å². The van der Waals surface area contributed by atoms with Gasteiger partial charge in [-0.2, -0.15) is 0 Å². The Kier molecular flexibility index (Phi) is 7.92. The van der Waals surface area contributed by atoms with E-state index in [1.165, 1.54) is 0 Å². The number of carbonyl (C=O) groups excluding carboxylic acids is 2. The van der Waals surface area contributed by atoms with Crippen LogP contribution >= 0.6 is 0 Å². The van der Waals surface area contributed by atoms with E-state index in [-0.39, 0.29) is 17.8 Å². The number of guanidine groups is 1. The van der Waals surface area contributed by atoms with Crippen LogP contribution < -0.4 is 16.0 Å². The Bertz CT molecular complexity index is 645. The molecule has 0 aliphatic carbocycles. The lowest BCUT2D eigenvalue weighted by atomic mass is 9.91. The number of rotatable bonds is 8. The molecule has 2 rings (SSSR count). The highest BCUT2D eigenvalue weighted by molar-refractivity contribution is 5.94. The third-order valence-corrected chi connectivity index (χ3v) is 4.08. The van der Waals surface area contributed by atoms with Gasteiger partial charge in [-0.25, -0.2) is 0 Å². The Labute approximate surface area is 154 Å². The van der Waals surface area contributed by atoms with Crippen molar-refractivity contribution in [2.24, 2.45) is 4.99 Å². The second-order valence-electron chi connectivity index (χ2n) is 6.09. The SMILES string of the molecule is CCNC(=NCC1CC(=O)Nc2ccccc21)NCCCC(=O)OCC. The molecule has 0 aromatic heterocycles. The number of esters is 1. The zero-order valence-corrected chi connectivity index (χ0v) is 15.5. The van der Waals surface area contributed by atoms with Gasteiger partial charge in [0.2, 0.25) is 5.91 Å². The molecule has 1 aliphatic heterocycles. The predicted octanol–water partition coefficient (Wildman–Crippen LogP) is 2.01. The molecule has 7 nitrogen and oxygen atoms in total. The highest BCUT2D eigenvalue weighted by Crippen LogP contribution is 2.31. The number of nitrogens with one attached hydrogen (secondary N) is 3. The summed E-state index contributed by atoms with van der Waals surface area (Å²) in [5.41, 5.74) is 1.99. The van der Waals surface area contributed by atoms with Crippen molar-refractivity contribution >= 4 is 23.5 Å². The Morgan fingerprint density at radius 1 is 1.31 bits per heavy atom. The van der Waals surface area contributed by atoms with E-state index in [4.69, 9.17) is 4.74 Å². The maximum Gasteiger partial charge on any atom is 0.305 e. The van der Waals surface area contributed by atoms with Gasteiger partial charge in [0.25, 0.3) is 0 Å². The summed E-state index contributed by atoms with van der Waals surface area (Å²) in [5.74, 6) is 0.604. The number of carbonyl (C=O) groups is 2. The average Bonchev–Trinajstić information content (AvgIpc) is 2.63. The van der Waals surface area contributed by atoms with E-state index in [9.17, 15) is 9.59 Å². The van der Waals surface area contributed by atoms with Crippen molar-refractivity contribution in [3.63, 3.8) is 0 Å². The molecule has 0 fully saturated rings. The lowest BCUT2D eigenvalue weighted by Crippen LogP contribution is -2.38. The summed E-state index contributed by atoms with van der Waals surface area (Å²) in [6.45, 7) is 6.11. The van der Waals surface area contributed by atoms with Crippen molar-refractivity contribution in [2.75, 3.05) is 31.6 Å². The largest absolute Gasteiger partial charge is 0.466 e. The maximum absolute atomic E-state index is 11.9. The van der Waals surface area contributed by atoms with Gasteiger partial charge in [-0.15, -0.1) is 0 Å². The van der Waals surface area contributed by atoms with Crippen LogP contribution in [0.3, 0.4) is 0 Å². The highest BCUT2D eigenvalue weighted by Gasteiger charge is 2.24. The first kappa shape index (κ1) is 19.8. The van der Waals surface area contributed by atoms with Gasteiger partial charge in [-0.1, -0.05) is 18.2 Å². The van der Waals surface area contributed by atoms with Crippen LogP contribution in [0.4, 0.5) is 5.69 Å². The van der Waals surface area contributed by atoms with Crippen LogP contribution in [0, 0.1) is 0 Å². The van der Waals surface area contributed by atoms with E-state index in [2.05, 4.69) is 20.9 Å². The number of hydrogen-bond acceptors (Lipinski definition) is 4. The lowest BCUT2D eigenvalue weighted by Gasteiger charge is -2.24. The molecular formula is C19H28N4O3. The van der Waals surface area contributed by atoms with Gasteiger partial charge < -0.3 is 20.7 Å². The molecule has 1 atom stereocenters. The third kappa shape index (κ3) is 6.06. The number of benzene rings is 1. The molecule has 1 heterocycles. The third-order valence-electron chi connectivity index (χ3n) is 4.08. The van der Waals surface area contributed by atoms with Crippen molar-refractivity contribution in [3.8, 4) is 0 Å². The standard InChI is InChI=1S/C19H28N4O3/c1-3-20-19(21-11-7-10-18(25)26-4-2)22-13-14-12-17(24)23-16-9-6-5-8-15(14)16/h5-6,8-9,14H,3-4,7,10-13H2,1-2H3,(H,23,24)(H2,20,21,22). The number of aliphatic imine (C=N–C) groups is 1. The van der Waals surface area contributed by atoms with Gasteiger partial charge in [-0.3, -0.25) is 14.6 Å². The Morgan fingerprint density at radius 2 is 2.12 bits per heavy atom. The Hall–Kier alpha value is -2.57. The second-order valence-corrected chi connectivity index (χ2v) is 6.09. The summed E-state index contributed by atoms with van der Waals surface area (Å²) in [4.78, 5) is 27.9. The summed E-state index contributed by atoms with van der Waals surface area (Å²) in [7, 11) is 0. The van der Waals surface area contributed by atoms with E-state index in [0.717, 1.165) is 17.8 Å². The summed E-state index contributed by atoms with van der Waals surface area (Å²) in [6.07, 6.45) is 1.50. The molecule has 0 bridgehead atoms. The Morgan fingerprint density at radius 3 is 2.88 bits per heavy atom. The van der Waals surface area contributed by atoms with Crippen molar-refractivity contribution in [1.29, 1.82) is 0 Å². The minimum absolute atomic E-state index is 0.0243. The molecule has 1 aromatic carbocycles. The fourth-order valence-corrected chi connectivity index (χ4v) is 2.88. The number of amides is 1. The predicted molar refractivity (Wildman–Crippen MR) is 102 cm³/mol. The fraction of sp³-hybridized carbons (Fsp3) is 0.526. The first-order valence-corrected chi connectivity index (χ1v) is 9.20. The van der Waals surface area contributed by atoms with Crippen LogP contribution in [0.25, 0.3) is 0 Å². The minimum atomic E-state index is -0.180. The lowest BCUT2D eigenvalue weighted by molar-refractivity contribution is -0.143. The monoisotopic (exact) mass is 360 g/mol. The van der Waals surface area contributed by atoms with Crippen LogP contribution in [-0.4, -0.2) is 44.1 Å². The van der Waals surface area contributed by atoms with E-state index in [0.29, 0.717) is 44.9 Å². The summed E-state index contributed by atoms with van der Waals surface area (Å²) in [5, 5.41) is 9.32. The maximum atomic E-state index is 11.9. The number of fused-ring (bicyclic) bond motifs is 1. The number of para-hydroxylation sites is 1. The quantitative estimate of drug-likeness (QED) is 0.285. The molecule has 7 heteroatoms. The first-order valence-electron chi connectivity index (χ1n) is 9.20. The summed E-state index contributed by atoms with van der Waals surface area (Å²) < 4.78 is 4.92. The number of hydrogen-bond donors (Lipinski definition) is 3. The molecule has 1 aliphatic rings. The average molecular weight is 360 g/mol. The van der Waals surface area contributed by atoms with Crippen LogP contribution in [-0.2, 0) is 14.3 Å². The van der Waals surface area contributed by atoms with Gasteiger partial charge in [0.1, 0.15) is 0 Å². The van der Waals surface area contributed by atoms with E-state index >= 15 is 0 Å². The zero-order chi connectivity index (χ0) is 18.8. The molecule has 0 saturated carbocycles. The van der Waals surface area contributed by atoms with E-state index in [1.807, 2.05) is 31.2 Å². The fourth-order valence-electron chi connectivity index (χ4n) is 2.88. The minimum Gasteiger partial charge on any atom is -0.466 e. The van der Waals surface area contributed by atoms with Crippen molar-refractivity contribution in [2.45, 2.75) is 39.0 Å². The normalized spacial score (nSPS) is 16.5. The topological polar surface area (TPSA) is 91.8 Å². The molecule has 0 spiro atoms. The van der Waals surface area contributed by atoms with Gasteiger partial charge in [0.15, 0.2) is 5.96 Å². The second kappa shape index (κ2) is 10.4. The van der Waals surface area contributed by atoms with E-state index < -0.39 is 0 Å². The molecule has 1 unspecified atom stereocenters. The van der Waals surface area contributed by atoms with Gasteiger partial charge in [0, 0.05) is 37.5 Å². The smallest absolute Gasteiger partial charge is 0.305 e. The molecule has 3 N–H and O–H groups in total. The summed E-state index contributed by atoms with van der Waals surface area (Å²) in [6, 6.07) is 7.85. The molecule has 0 saturated heterocycles. The highest BCUT2D eigenvalue weighted by atomic mass is 16.5. The molecule has 0 radical (unpaired) electrons. The Balaban J connectivity index is 1.90. The van der Waals surface area contributed by atoms with Crippen LogP contribution in [0.5, 0.6) is 0 Å². The first-order chi connectivity index (χ1) is 12.6. The van der Waals surface area contributed by atoms with E-state index in [1.54, 1.807) is 6.92 Å². The molecular weight excluding hydrogens is 332 g/mol. The number of anilines is 1. The van der Waals surface area contributed by atoms with Crippen LogP contribution in [0.15, 0.2) is 29.3 Å². The van der Waals surface area contributed by atoms with Crippen LogP contribution in [0.1, 0.15) is 44.6 Å². The number of nitrogens with zero attached hydrogens (tertiary/aromatic N) is 1. The molecule has 26 heavy (non-hydrogen) atoms. The van der Waals surface area contributed by atoms with Crippen molar-refractivity contribution in [3.05, 3.63) is 29.8 Å². The van der Waals surface area contributed by atoms with Crippen LogP contribution in [0.2, 0.25) is 0 Å². The molecule has 1 aromatic rings. The summed E-state index contributed by atoms with van der Waals surface area (Å²) >= 11 is 0. The van der Waals surface area contributed by atoms with Gasteiger partial charge in [0.05, 0.1) is 13.2 Å². The van der Waals surface area contributed by atoms with Crippen molar-refractivity contribution < 1.29 is 14.3 Å². The molecule has 1 amide bonds. The zero-order valence-electron chi connectivity index (χ0n) is 15.5. The number of ether oxygens (including phenoxy) is 1. The van der Waals surface area contributed by atoms with Gasteiger partial charge in [-0.05, 0) is 31.9 Å². The van der Waals surface area contributed by atoms with Crippen molar-refractivity contribution in [1.82, 2.24) is 10.6 Å². The molecule has 142 valence electrons.